The predicted octanol–water partition coefficient (Wildman–Crippen LogP) is 0.700. The third-order valence-electron chi connectivity index (χ3n) is 2.93. The number of benzene rings is 1. The molecule has 0 spiro atoms. The summed E-state index contributed by atoms with van der Waals surface area (Å²) < 4.78 is 5.18. The Morgan fingerprint density at radius 2 is 2.05 bits per heavy atom. The fourth-order valence-corrected chi connectivity index (χ4v) is 1.82. The van der Waals surface area contributed by atoms with Gasteiger partial charge in [-0.25, -0.2) is 0 Å². The fourth-order valence-electron chi connectivity index (χ4n) is 1.82. The molecule has 19 heavy (non-hydrogen) atoms. The first-order valence-electron chi connectivity index (χ1n) is 6.33. The van der Waals surface area contributed by atoms with Crippen LogP contribution in [0.25, 0.3) is 0 Å². The van der Waals surface area contributed by atoms with Crippen LogP contribution in [0.4, 0.5) is 0 Å². The molecule has 0 fully saturated rings. The Morgan fingerprint density at radius 1 is 1.37 bits per heavy atom. The summed E-state index contributed by atoms with van der Waals surface area (Å²) in [6, 6.07) is 7.23. The van der Waals surface area contributed by atoms with Crippen molar-refractivity contribution in [3.05, 3.63) is 29.8 Å². The largest absolute Gasteiger partial charge is 0.496 e. The maximum atomic E-state index is 11.7. The minimum absolute atomic E-state index is 0.0803. The maximum Gasteiger partial charge on any atom is 0.224 e. The first-order valence-corrected chi connectivity index (χ1v) is 6.33. The zero-order valence-corrected chi connectivity index (χ0v) is 11.6. The van der Waals surface area contributed by atoms with E-state index in [-0.39, 0.29) is 18.4 Å². The van der Waals surface area contributed by atoms with Crippen molar-refractivity contribution in [3.63, 3.8) is 0 Å². The highest BCUT2D eigenvalue weighted by Crippen LogP contribution is 2.23. The van der Waals surface area contributed by atoms with Gasteiger partial charge in [0.1, 0.15) is 5.75 Å². The molecule has 0 bridgehead atoms. The zero-order valence-electron chi connectivity index (χ0n) is 11.6. The molecule has 1 rings (SSSR count). The molecule has 2 unspecified atom stereocenters. The third-order valence-corrected chi connectivity index (χ3v) is 2.93. The highest BCUT2D eigenvalue weighted by molar-refractivity contribution is 5.78. The van der Waals surface area contributed by atoms with Gasteiger partial charge in [-0.1, -0.05) is 25.1 Å². The summed E-state index contributed by atoms with van der Waals surface area (Å²) in [4.78, 5) is 11.7. The number of hydrogen-bond acceptors (Lipinski definition) is 4. The summed E-state index contributed by atoms with van der Waals surface area (Å²) in [5.74, 6) is 0.408. The van der Waals surface area contributed by atoms with Crippen molar-refractivity contribution in [1.82, 2.24) is 10.6 Å². The molecule has 2 atom stereocenters. The van der Waals surface area contributed by atoms with E-state index in [2.05, 4.69) is 10.6 Å². The molecule has 0 aromatic heterocycles. The molecular weight excluding hydrogens is 244 g/mol. The first kappa shape index (κ1) is 15.5. The van der Waals surface area contributed by atoms with E-state index < -0.39 is 6.10 Å². The van der Waals surface area contributed by atoms with Gasteiger partial charge in [0.25, 0.3) is 0 Å². The number of aliphatic hydroxyl groups excluding tert-OH is 1. The van der Waals surface area contributed by atoms with Gasteiger partial charge in [-0.15, -0.1) is 0 Å². The van der Waals surface area contributed by atoms with E-state index in [1.54, 1.807) is 26.3 Å². The molecule has 1 amide bonds. The first-order chi connectivity index (χ1) is 9.10. The van der Waals surface area contributed by atoms with Crippen molar-refractivity contribution in [1.29, 1.82) is 0 Å². The Morgan fingerprint density at radius 3 is 2.68 bits per heavy atom. The van der Waals surface area contributed by atoms with E-state index in [0.717, 1.165) is 0 Å². The van der Waals surface area contributed by atoms with Crippen LogP contribution in [0.5, 0.6) is 5.75 Å². The second kappa shape index (κ2) is 7.76. The average molecular weight is 266 g/mol. The van der Waals surface area contributed by atoms with Crippen molar-refractivity contribution < 1.29 is 14.6 Å². The van der Waals surface area contributed by atoms with Crippen LogP contribution >= 0.6 is 0 Å². The predicted molar refractivity (Wildman–Crippen MR) is 74.1 cm³/mol. The topological polar surface area (TPSA) is 70.6 Å². The number of nitrogens with one attached hydrogen (secondary N) is 2. The number of ether oxygens (including phenoxy) is 1. The summed E-state index contributed by atoms with van der Waals surface area (Å²) in [6.07, 6.45) is -0.776. The van der Waals surface area contributed by atoms with Gasteiger partial charge in [-0.2, -0.15) is 0 Å². The molecule has 5 heteroatoms. The SMILES string of the molecule is CNCC(C)C(=O)NCC(O)c1ccccc1OC. The van der Waals surface area contributed by atoms with Gasteiger partial charge in [0.05, 0.1) is 13.2 Å². The van der Waals surface area contributed by atoms with E-state index in [9.17, 15) is 9.90 Å². The second-order valence-corrected chi connectivity index (χ2v) is 4.46. The molecule has 0 saturated carbocycles. The lowest BCUT2D eigenvalue weighted by Gasteiger charge is -2.17. The van der Waals surface area contributed by atoms with Crippen LogP contribution in [-0.4, -0.2) is 38.3 Å². The Kier molecular flexibility index (Phi) is 6.32. The number of carbonyl (C=O) groups is 1. The average Bonchev–Trinajstić information content (AvgIpc) is 2.44. The van der Waals surface area contributed by atoms with Crippen LogP contribution in [0.15, 0.2) is 24.3 Å². The maximum absolute atomic E-state index is 11.7. The van der Waals surface area contributed by atoms with Crippen LogP contribution in [0.1, 0.15) is 18.6 Å². The molecular formula is C14H22N2O3. The lowest BCUT2D eigenvalue weighted by Crippen LogP contribution is -2.36. The minimum Gasteiger partial charge on any atom is -0.496 e. The lowest BCUT2D eigenvalue weighted by molar-refractivity contribution is -0.124. The monoisotopic (exact) mass is 266 g/mol. The van der Waals surface area contributed by atoms with Gasteiger partial charge >= 0.3 is 0 Å². The second-order valence-electron chi connectivity index (χ2n) is 4.46. The van der Waals surface area contributed by atoms with Gasteiger partial charge in [0, 0.05) is 24.6 Å². The Balaban J connectivity index is 2.55. The van der Waals surface area contributed by atoms with Crippen molar-refractivity contribution in [2.24, 2.45) is 5.92 Å². The number of methoxy groups -OCH3 is 1. The molecule has 106 valence electrons. The van der Waals surface area contributed by atoms with Crippen molar-refractivity contribution in [2.45, 2.75) is 13.0 Å². The van der Waals surface area contributed by atoms with Crippen LogP contribution < -0.4 is 15.4 Å². The van der Waals surface area contributed by atoms with Crippen LogP contribution in [0.2, 0.25) is 0 Å². The molecule has 1 aromatic rings. The Labute approximate surface area is 114 Å². The van der Waals surface area contributed by atoms with Crippen molar-refractivity contribution in [3.8, 4) is 5.75 Å². The molecule has 0 radical (unpaired) electrons. The number of aliphatic hydroxyl groups is 1. The van der Waals surface area contributed by atoms with Gasteiger partial charge in [0.2, 0.25) is 5.91 Å². The van der Waals surface area contributed by atoms with Crippen molar-refractivity contribution >= 4 is 5.91 Å². The normalized spacial score (nSPS) is 13.7. The Hall–Kier alpha value is -1.59. The highest BCUT2D eigenvalue weighted by Gasteiger charge is 2.16. The summed E-state index contributed by atoms with van der Waals surface area (Å²) in [7, 11) is 3.35. The van der Waals surface area contributed by atoms with Crippen molar-refractivity contribution in [2.75, 3.05) is 27.2 Å². The van der Waals surface area contributed by atoms with Gasteiger partial charge in [-0.05, 0) is 13.1 Å². The number of carbonyl (C=O) groups excluding carboxylic acids is 1. The molecule has 3 N–H and O–H groups in total. The molecule has 0 aliphatic rings. The molecule has 0 saturated heterocycles. The molecule has 0 aliphatic heterocycles. The zero-order chi connectivity index (χ0) is 14.3. The number of hydrogen-bond donors (Lipinski definition) is 3. The number of rotatable bonds is 7. The molecule has 0 aliphatic carbocycles. The molecule has 5 nitrogen and oxygen atoms in total. The summed E-state index contributed by atoms with van der Waals surface area (Å²) in [5, 5.41) is 15.8. The summed E-state index contributed by atoms with van der Waals surface area (Å²) in [6.45, 7) is 2.62. The van der Waals surface area contributed by atoms with E-state index in [4.69, 9.17) is 4.74 Å². The van der Waals surface area contributed by atoms with Crippen LogP contribution in [0.3, 0.4) is 0 Å². The minimum atomic E-state index is -0.776. The van der Waals surface area contributed by atoms with E-state index >= 15 is 0 Å². The smallest absolute Gasteiger partial charge is 0.224 e. The summed E-state index contributed by atoms with van der Waals surface area (Å²) in [5.41, 5.74) is 0.673. The van der Waals surface area contributed by atoms with E-state index in [1.807, 2.05) is 19.1 Å². The number of amides is 1. The molecule has 1 aromatic carbocycles. The highest BCUT2D eigenvalue weighted by atomic mass is 16.5. The van der Waals surface area contributed by atoms with Crippen LogP contribution in [0, 0.1) is 5.92 Å². The van der Waals surface area contributed by atoms with E-state index in [1.165, 1.54) is 0 Å². The summed E-state index contributed by atoms with van der Waals surface area (Å²) >= 11 is 0. The lowest BCUT2D eigenvalue weighted by atomic mass is 10.1. The number of para-hydroxylation sites is 1. The standard InChI is InChI=1S/C14H22N2O3/c1-10(8-15-2)14(18)16-9-12(17)11-6-4-5-7-13(11)19-3/h4-7,10,12,15,17H,8-9H2,1-3H3,(H,16,18). The van der Waals surface area contributed by atoms with E-state index in [0.29, 0.717) is 17.9 Å². The van der Waals surface area contributed by atoms with Gasteiger partial charge < -0.3 is 20.5 Å². The van der Waals surface area contributed by atoms with Crippen LogP contribution in [-0.2, 0) is 4.79 Å². The third kappa shape index (κ3) is 4.54. The molecule has 0 heterocycles. The Bertz CT molecular complexity index is 409. The fraction of sp³-hybridized carbons (Fsp3) is 0.500. The van der Waals surface area contributed by atoms with Gasteiger partial charge in [-0.3, -0.25) is 4.79 Å². The quantitative estimate of drug-likeness (QED) is 0.679. The van der Waals surface area contributed by atoms with Gasteiger partial charge in [0.15, 0.2) is 0 Å².